The second-order valence-corrected chi connectivity index (χ2v) is 6.36. The summed E-state index contributed by atoms with van der Waals surface area (Å²) in [5.74, 6) is -1.72. The van der Waals surface area contributed by atoms with Gasteiger partial charge in [0.25, 0.3) is 15.9 Å². The molecule has 0 spiro atoms. The Morgan fingerprint density at radius 3 is 2.57 bits per heavy atom. The fraction of sp³-hybridized carbons (Fsp3) is 0.154. The highest BCUT2D eigenvalue weighted by molar-refractivity contribution is 7.90. The number of hydrogen-bond acceptors (Lipinski definition) is 7. The van der Waals surface area contributed by atoms with E-state index in [2.05, 4.69) is 9.89 Å². The van der Waals surface area contributed by atoms with Gasteiger partial charge in [-0.1, -0.05) is 22.8 Å². The number of carbonyl (C=O) groups is 2. The van der Waals surface area contributed by atoms with Gasteiger partial charge in [-0.25, -0.2) is 17.9 Å². The molecule has 0 aliphatic carbocycles. The molecule has 2 aromatic rings. The number of benzene rings is 1. The van der Waals surface area contributed by atoms with E-state index in [9.17, 15) is 18.0 Å². The smallest absolute Gasteiger partial charge is 0.339 e. The minimum absolute atomic E-state index is 0.0553. The Labute approximate surface area is 136 Å². The van der Waals surface area contributed by atoms with E-state index in [-0.39, 0.29) is 21.9 Å². The van der Waals surface area contributed by atoms with Crippen molar-refractivity contribution in [2.75, 3.05) is 7.11 Å². The van der Waals surface area contributed by atoms with Crippen LogP contribution in [-0.2, 0) is 14.8 Å². The lowest BCUT2D eigenvalue weighted by Gasteiger charge is -2.11. The van der Waals surface area contributed by atoms with Crippen LogP contribution in [0.25, 0.3) is 0 Å². The number of aromatic nitrogens is 1. The summed E-state index contributed by atoms with van der Waals surface area (Å²) >= 11 is 5.89. The monoisotopic (exact) mass is 358 g/mol. The molecular weight excluding hydrogens is 348 g/mol. The predicted octanol–water partition coefficient (Wildman–Crippen LogP) is 1.54. The van der Waals surface area contributed by atoms with Gasteiger partial charge in [0.1, 0.15) is 16.2 Å². The number of carbonyl (C=O) groups excluding carboxylic acids is 2. The van der Waals surface area contributed by atoms with Crippen molar-refractivity contribution in [2.45, 2.75) is 11.8 Å². The maximum Gasteiger partial charge on any atom is 0.339 e. The van der Waals surface area contributed by atoms with Crippen molar-refractivity contribution >= 4 is 33.5 Å². The van der Waals surface area contributed by atoms with Gasteiger partial charge in [0.15, 0.2) is 0 Å². The molecule has 1 heterocycles. The summed E-state index contributed by atoms with van der Waals surface area (Å²) in [5, 5.41) is 3.16. The molecule has 0 saturated carbocycles. The summed E-state index contributed by atoms with van der Waals surface area (Å²) in [5.41, 5.74) is -0.345. The summed E-state index contributed by atoms with van der Waals surface area (Å²) in [6.45, 7) is 1.45. The number of hydrogen-bond donors (Lipinski definition) is 1. The second-order valence-electron chi connectivity index (χ2n) is 4.34. The highest BCUT2D eigenvalue weighted by atomic mass is 35.5. The van der Waals surface area contributed by atoms with Gasteiger partial charge < -0.3 is 9.26 Å². The van der Waals surface area contributed by atoms with E-state index in [1.54, 1.807) is 0 Å². The van der Waals surface area contributed by atoms with Crippen LogP contribution in [0.1, 0.15) is 26.5 Å². The van der Waals surface area contributed by atoms with Crippen molar-refractivity contribution in [2.24, 2.45) is 0 Å². The van der Waals surface area contributed by atoms with E-state index >= 15 is 0 Å². The van der Waals surface area contributed by atoms with Crippen LogP contribution in [-0.4, -0.2) is 32.6 Å². The Kier molecular flexibility index (Phi) is 4.71. The number of methoxy groups -OCH3 is 1. The summed E-state index contributed by atoms with van der Waals surface area (Å²) in [6, 6.07) is 3.89. The van der Waals surface area contributed by atoms with Gasteiger partial charge in [-0.15, -0.1) is 0 Å². The number of esters is 1. The molecule has 1 aromatic heterocycles. The van der Waals surface area contributed by atoms with Crippen LogP contribution in [0.4, 0.5) is 0 Å². The third kappa shape index (κ3) is 3.35. The van der Waals surface area contributed by atoms with Crippen LogP contribution >= 0.6 is 11.6 Å². The first-order valence-electron chi connectivity index (χ1n) is 6.13. The summed E-state index contributed by atoms with van der Waals surface area (Å²) < 4.78 is 35.9. The molecule has 0 fully saturated rings. The molecule has 0 saturated heterocycles. The minimum atomic E-state index is -4.42. The molecule has 2 rings (SSSR count). The first-order chi connectivity index (χ1) is 10.8. The molecule has 0 atom stereocenters. The van der Waals surface area contributed by atoms with Crippen LogP contribution in [0.15, 0.2) is 33.8 Å². The van der Waals surface area contributed by atoms with Gasteiger partial charge in [-0.2, -0.15) is 0 Å². The third-order valence-electron chi connectivity index (χ3n) is 2.86. The van der Waals surface area contributed by atoms with Gasteiger partial charge in [0.05, 0.1) is 23.9 Å². The Morgan fingerprint density at radius 2 is 2.00 bits per heavy atom. The number of nitrogens with one attached hydrogen (secondary N) is 1. The molecule has 0 aliphatic heterocycles. The number of sulfonamides is 1. The molecule has 10 heteroatoms. The molecule has 0 radical (unpaired) electrons. The number of amides is 1. The molecule has 1 aromatic carbocycles. The van der Waals surface area contributed by atoms with E-state index in [4.69, 9.17) is 16.1 Å². The van der Waals surface area contributed by atoms with Gasteiger partial charge in [-0.05, 0) is 19.1 Å². The molecule has 23 heavy (non-hydrogen) atoms. The zero-order valence-corrected chi connectivity index (χ0v) is 13.6. The fourth-order valence-electron chi connectivity index (χ4n) is 1.80. The third-order valence-corrected chi connectivity index (χ3v) is 4.72. The Balaban J connectivity index is 2.47. The molecule has 0 unspecified atom stereocenters. The van der Waals surface area contributed by atoms with Gasteiger partial charge in [0, 0.05) is 0 Å². The fourth-order valence-corrected chi connectivity index (χ4v) is 3.50. The molecule has 122 valence electrons. The highest BCUT2D eigenvalue weighted by Gasteiger charge is 2.29. The SMILES string of the molecule is COC(=O)c1cccc(Cl)c1S(=O)(=O)NC(=O)c1cnoc1C. The number of rotatable bonds is 4. The van der Waals surface area contributed by atoms with Gasteiger partial charge in [-0.3, -0.25) is 4.79 Å². The van der Waals surface area contributed by atoms with Crippen molar-refractivity contribution in [3.63, 3.8) is 0 Å². The molecule has 0 bridgehead atoms. The Bertz CT molecular complexity index is 874. The number of nitrogens with zero attached hydrogens (tertiary/aromatic N) is 1. The van der Waals surface area contributed by atoms with E-state index in [1.165, 1.54) is 25.1 Å². The molecule has 1 N–H and O–H groups in total. The maximum atomic E-state index is 12.4. The van der Waals surface area contributed by atoms with Crippen molar-refractivity contribution < 1.29 is 27.3 Å². The van der Waals surface area contributed by atoms with Gasteiger partial charge >= 0.3 is 5.97 Å². The van der Waals surface area contributed by atoms with Crippen molar-refractivity contribution in [3.8, 4) is 0 Å². The second kappa shape index (κ2) is 6.39. The quantitative estimate of drug-likeness (QED) is 0.824. The predicted molar refractivity (Wildman–Crippen MR) is 78.7 cm³/mol. The first-order valence-corrected chi connectivity index (χ1v) is 7.99. The standard InChI is InChI=1S/C13H11ClN2O6S/c1-7-9(6-15-22-7)12(17)16-23(19,20)11-8(13(18)21-2)4-3-5-10(11)14/h3-6H,1-2H3,(H,16,17). The van der Waals surface area contributed by atoms with Crippen molar-refractivity contribution in [3.05, 3.63) is 46.3 Å². The highest BCUT2D eigenvalue weighted by Crippen LogP contribution is 2.26. The largest absolute Gasteiger partial charge is 0.465 e. The van der Waals surface area contributed by atoms with Crippen LogP contribution < -0.4 is 4.72 Å². The summed E-state index contributed by atoms with van der Waals surface area (Å²) in [7, 11) is -3.32. The minimum Gasteiger partial charge on any atom is -0.465 e. The molecular formula is C13H11ClN2O6S. The van der Waals surface area contributed by atoms with Crippen LogP contribution in [0.3, 0.4) is 0 Å². The van der Waals surface area contributed by atoms with Crippen LogP contribution in [0, 0.1) is 6.92 Å². The van der Waals surface area contributed by atoms with E-state index < -0.39 is 26.8 Å². The topological polar surface area (TPSA) is 116 Å². The van der Waals surface area contributed by atoms with Gasteiger partial charge in [0.2, 0.25) is 0 Å². The summed E-state index contributed by atoms with van der Waals surface area (Å²) in [4.78, 5) is 23.2. The lowest BCUT2D eigenvalue weighted by atomic mass is 10.2. The normalized spacial score (nSPS) is 11.1. The van der Waals surface area contributed by atoms with E-state index in [1.807, 2.05) is 4.72 Å². The average Bonchev–Trinajstić information content (AvgIpc) is 2.91. The molecule has 8 nitrogen and oxygen atoms in total. The average molecular weight is 359 g/mol. The Hall–Kier alpha value is -2.39. The van der Waals surface area contributed by atoms with E-state index in [0.717, 1.165) is 13.3 Å². The first kappa shape index (κ1) is 17.0. The summed E-state index contributed by atoms with van der Waals surface area (Å²) in [6.07, 6.45) is 1.08. The number of aryl methyl sites for hydroxylation is 1. The number of ether oxygens (including phenoxy) is 1. The van der Waals surface area contributed by atoms with Crippen molar-refractivity contribution in [1.29, 1.82) is 0 Å². The Morgan fingerprint density at radius 1 is 1.30 bits per heavy atom. The zero-order chi connectivity index (χ0) is 17.2. The van der Waals surface area contributed by atoms with E-state index in [0.29, 0.717) is 0 Å². The molecule has 1 amide bonds. The maximum absolute atomic E-state index is 12.4. The van der Waals surface area contributed by atoms with Crippen LogP contribution in [0.2, 0.25) is 5.02 Å². The molecule has 0 aliphatic rings. The van der Waals surface area contributed by atoms with Crippen molar-refractivity contribution in [1.82, 2.24) is 9.88 Å². The number of halogens is 1. The lowest BCUT2D eigenvalue weighted by Crippen LogP contribution is -2.32. The van der Waals surface area contributed by atoms with Crippen LogP contribution in [0.5, 0.6) is 0 Å². The lowest BCUT2D eigenvalue weighted by molar-refractivity contribution is 0.0596. The zero-order valence-electron chi connectivity index (χ0n) is 12.0.